The van der Waals surface area contributed by atoms with Crippen LogP contribution < -0.4 is 5.32 Å². The molecule has 0 amide bonds. The number of aromatic nitrogens is 4. The molecule has 0 aliphatic carbocycles. The second-order valence-electron chi connectivity index (χ2n) is 6.20. The smallest absolute Gasteiger partial charge is 0.367 e. The number of benzene rings is 1. The molecule has 9 heteroatoms. The van der Waals surface area contributed by atoms with E-state index >= 15 is 0 Å². The monoisotopic (exact) mass is 364 g/mol. The van der Waals surface area contributed by atoms with Crippen molar-refractivity contribution in [3.63, 3.8) is 0 Å². The number of nitrogens with zero attached hydrogens (tertiary/aromatic N) is 5. The highest BCUT2D eigenvalue weighted by molar-refractivity contribution is 5.44. The van der Waals surface area contributed by atoms with Crippen LogP contribution in [-0.2, 0) is 12.6 Å². The SMILES string of the molecule is CN(C)C(CNc1ccc2nnc(C(F)(F)F)n2n1)Cc1ccccc1. The zero-order valence-corrected chi connectivity index (χ0v) is 14.4. The van der Waals surface area contributed by atoms with E-state index in [9.17, 15) is 13.2 Å². The predicted octanol–water partition coefficient (Wildman–Crippen LogP) is 2.73. The number of halogens is 3. The molecule has 0 aliphatic rings. The molecule has 3 aromatic rings. The Morgan fingerprint density at radius 1 is 1.08 bits per heavy atom. The van der Waals surface area contributed by atoms with Crippen molar-refractivity contribution >= 4 is 11.5 Å². The minimum atomic E-state index is -4.61. The zero-order chi connectivity index (χ0) is 18.7. The van der Waals surface area contributed by atoms with Gasteiger partial charge in [0.2, 0.25) is 0 Å². The number of nitrogens with one attached hydrogen (secondary N) is 1. The molecular weight excluding hydrogens is 345 g/mol. The van der Waals surface area contributed by atoms with Crippen molar-refractivity contribution in [1.82, 2.24) is 24.7 Å². The molecule has 1 atom stereocenters. The van der Waals surface area contributed by atoms with Crippen molar-refractivity contribution in [3.8, 4) is 0 Å². The maximum Gasteiger partial charge on any atom is 0.453 e. The Morgan fingerprint density at radius 3 is 2.46 bits per heavy atom. The number of likely N-dealkylation sites (N-methyl/N-ethyl adjacent to an activating group) is 1. The van der Waals surface area contributed by atoms with Gasteiger partial charge < -0.3 is 10.2 Å². The molecule has 6 nitrogen and oxygen atoms in total. The van der Waals surface area contributed by atoms with Crippen LogP contribution in [0.5, 0.6) is 0 Å². The first-order valence-electron chi connectivity index (χ1n) is 8.08. The quantitative estimate of drug-likeness (QED) is 0.729. The number of anilines is 1. The molecule has 0 radical (unpaired) electrons. The minimum absolute atomic E-state index is 0.0521. The lowest BCUT2D eigenvalue weighted by Crippen LogP contribution is -2.36. The maximum absolute atomic E-state index is 13.0. The van der Waals surface area contributed by atoms with E-state index in [-0.39, 0.29) is 11.7 Å². The van der Waals surface area contributed by atoms with Gasteiger partial charge >= 0.3 is 6.18 Å². The van der Waals surface area contributed by atoms with Crippen LogP contribution in [0.1, 0.15) is 11.4 Å². The zero-order valence-electron chi connectivity index (χ0n) is 14.4. The molecule has 1 unspecified atom stereocenters. The third-order valence-corrected chi connectivity index (χ3v) is 4.08. The van der Waals surface area contributed by atoms with Crippen molar-refractivity contribution in [2.75, 3.05) is 26.0 Å². The summed E-state index contributed by atoms with van der Waals surface area (Å²) in [5.41, 5.74) is 1.24. The molecule has 26 heavy (non-hydrogen) atoms. The third kappa shape index (κ3) is 4.10. The number of fused-ring (bicyclic) bond motifs is 1. The normalized spacial score (nSPS) is 13.3. The van der Waals surface area contributed by atoms with Gasteiger partial charge in [0, 0.05) is 12.6 Å². The lowest BCUT2D eigenvalue weighted by molar-refractivity contribution is -0.146. The molecule has 0 aliphatic heterocycles. The van der Waals surface area contributed by atoms with Crippen LogP contribution in [0.3, 0.4) is 0 Å². The van der Waals surface area contributed by atoms with Crippen LogP contribution in [0.4, 0.5) is 19.0 Å². The molecule has 1 N–H and O–H groups in total. The summed E-state index contributed by atoms with van der Waals surface area (Å²) in [7, 11) is 3.93. The largest absolute Gasteiger partial charge is 0.453 e. The van der Waals surface area contributed by atoms with Crippen LogP contribution in [0, 0.1) is 0 Å². The van der Waals surface area contributed by atoms with Gasteiger partial charge in [0.1, 0.15) is 5.82 Å². The third-order valence-electron chi connectivity index (χ3n) is 4.08. The number of rotatable bonds is 6. The Bertz CT molecular complexity index is 860. The van der Waals surface area contributed by atoms with Crippen LogP contribution in [-0.4, -0.2) is 51.4 Å². The predicted molar refractivity (Wildman–Crippen MR) is 91.9 cm³/mol. The van der Waals surface area contributed by atoms with E-state index in [0.717, 1.165) is 6.42 Å². The first-order chi connectivity index (χ1) is 12.3. The summed E-state index contributed by atoms with van der Waals surface area (Å²) in [5.74, 6) is -0.799. The van der Waals surface area contributed by atoms with Crippen LogP contribution in [0.15, 0.2) is 42.5 Å². The first kappa shape index (κ1) is 18.1. The molecule has 0 saturated carbocycles. The van der Waals surface area contributed by atoms with Crippen molar-refractivity contribution in [2.24, 2.45) is 0 Å². The average Bonchev–Trinajstić information content (AvgIpc) is 3.02. The molecule has 2 heterocycles. The molecule has 138 valence electrons. The molecule has 2 aromatic heterocycles. The van der Waals surface area contributed by atoms with Gasteiger partial charge in [0.05, 0.1) is 0 Å². The summed E-state index contributed by atoms with van der Waals surface area (Å²) in [6, 6.07) is 13.2. The topological polar surface area (TPSA) is 58.3 Å². The lowest BCUT2D eigenvalue weighted by atomic mass is 10.1. The van der Waals surface area contributed by atoms with Gasteiger partial charge in [-0.3, -0.25) is 0 Å². The summed E-state index contributed by atoms with van der Waals surface area (Å²) >= 11 is 0. The van der Waals surface area contributed by atoms with Crippen LogP contribution >= 0.6 is 0 Å². The second kappa shape index (κ2) is 7.28. The minimum Gasteiger partial charge on any atom is -0.367 e. The summed E-state index contributed by atoms with van der Waals surface area (Å²) < 4.78 is 39.6. The van der Waals surface area contributed by atoms with E-state index in [4.69, 9.17) is 0 Å². The van der Waals surface area contributed by atoms with E-state index in [1.165, 1.54) is 11.6 Å². The van der Waals surface area contributed by atoms with Crippen molar-refractivity contribution < 1.29 is 13.2 Å². The number of alkyl halides is 3. The van der Waals surface area contributed by atoms with Gasteiger partial charge in [0.15, 0.2) is 5.65 Å². The molecule has 0 fully saturated rings. The van der Waals surface area contributed by atoms with Gasteiger partial charge in [-0.25, -0.2) is 0 Å². The lowest BCUT2D eigenvalue weighted by Gasteiger charge is -2.25. The maximum atomic E-state index is 13.0. The standard InChI is InChI=1S/C17H19F3N6/c1-25(2)13(10-12-6-4-3-5-7-12)11-21-14-8-9-15-22-23-16(17(18,19)20)26(15)24-14/h3-9,13H,10-11H2,1-2H3,(H,21,24). The van der Waals surface area contributed by atoms with Gasteiger partial charge in [-0.2, -0.15) is 17.7 Å². The molecule has 1 aromatic carbocycles. The van der Waals surface area contributed by atoms with Crippen LogP contribution in [0.2, 0.25) is 0 Å². The number of hydrogen-bond donors (Lipinski definition) is 1. The van der Waals surface area contributed by atoms with E-state index in [1.807, 2.05) is 44.4 Å². The van der Waals surface area contributed by atoms with Crippen molar-refractivity contribution in [3.05, 3.63) is 53.9 Å². The highest BCUT2D eigenvalue weighted by atomic mass is 19.4. The van der Waals surface area contributed by atoms with Gasteiger partial charge in [-0.05, 0) is 38.2 Å². The molecule has 3 rings (SSSR count). The second-order valence-corrected chi connectivity index (χ2v) is 6.20. The van der Waals surface area contributed by atoms with Gasteiger partial charge in [-0.1, -0.05) is 30.3 Å². The Kier molecular flexibility index (Phi) is 5.08. The fourth-order valence-corrected chi connectivity index (χ4v) is 2.61. The fraction of sp³-hybridized carbons (Fsp3) is 0.353. The van der Waals surface area contributed by atoms with E-state index in [1.54, 1.807) is 6.07 Å². The Labute approximate surface area is 148 Å². The van der Waals surface area contributed by atoms with Crippen LogP contribution in [0.25, 0.3) is 5.65 Å². The molecule has 0 spiro atoms. The van der Waals surface area contributed by atoms with Crippen molar-refractivity contribution in [2.45, 2.75) is 18.6 Å². The van der Waals surface area contributed by atoms with E-state index < -0.39 is 12.0 Å². The summed E-state index contributed by atoms with van der Waals surface area (Å²) in [5, 5.41) is 13.8. The summed E-state index contributed by atoms with van der Waals surface area (Å²) in [4.78, 5) is 2.07. The average molecular weight is 364 g/mol. The van der Waals surface area contributed by atoms with Gasteiger partial charge in [0.25, 0.3) is 5.82 Å². The molecule has 0 bridgehead atoms. The summed E-state index contributed by atoms with van der Waals surface area (Å²) in [6.07, 6.45) is -3.80. The number of hydrogen-bond acceptors (Lipinski definition) is 5. The fourth-order valence-electron chi connectivity index (χ4n) is 2.61. The molecular formula is C17H19F3N6. The van der Waals surface area contributed by atoms with E-state index in [2.05, 4.69) is 25.5 Å². The first-order valence-corrected chi connectivity index (χ1v) is 8.08. The molecule has 0 saturated heterocycles. The highest BCUT2D eigenvalue weighted by Gasteiger charge is 2.37. The Hall–Kier alpha value is -2.68. The van der Waals surface area contributed by atoms with E-state index in [0.29, 0.717) is 16.9 Å². The highest BCUT2D eigenvalue weighted by Crippen LogP contribution is 2.27. The Balaban J connectivity index is 1.75. The van der Waals surface area contributed by atoms with Gasteiger partial charge in [-0.15, -0.1) is 15.3 Å². The summed E-state index contributed by atoms with van der Waals surface area (Å²) in [6.45, 7) is 0.532. The van der Waals surface area contributed by atoms with Crippen molar-refractivity contribution in [1.29, 1.82) is 0 Å². The Morgan fingerprint density at radius 2 is 1.81 bits per heavy atom.